The summed E-state index contributed by atoms with van der Waals surface area (Å²) in [6, 6.07) is 2.01. The molecule has 0 spiro atoms. The maximum atomic E-state index is 12.0. The van der Waals surface area contributed by atoms with E-state index in [1.54, 1.807) is 11.4 Å². The van der Waals surface area contributed by atoms with E-state index in [4.69, 9.17) is 0 Å². The molecular weight excluding hydrogens is 298 g/mol. The molecule has 0 bridgehead atoms. The van der Waals surface area contributed by atoms with Crippen LogP contribution in [-0.2, 0) is 4.79 Å². The van der Waals surface area contributed by atoms with Crippen LogP contribution in [0.3, 0.4) is 0 Å². The minimum absolute atomic E-state index is 0. The Kier molecular flexibility index (Phi) is 6.98. The fraction of sp³-hybridized carbons (Fsp3) is 0.538. The molecule has 20 heavy (non-hydrogen) atoms. The molecular formula is C13H20ClN3O2S. The summed E-state index contributed by atoms with van der Waals surface area (Å²) in [7, 11) is 0. The molecule has 0 radical (unpaired) electrons. The number of hydrogen-bond donors (Lipinski definition) is 2. The van der Waals surface area contributed by atoms with Crippen molar-refractivity contribution in [3.8, 4) is 0 Å². The Labute approximate surface area is 129 Å². The third-order valence-corrected chi connectivity index (χ3v) is 3.91. The van der Waals surface area contributed by atoms with Gasteiger partial charge in [-0.3, -0.25) is 9.59 Å². The van der Waals surface area contributed by atoms with Gasteiger partial charge in [-0.15, -0.1) is 12.4 Å². The largest absolute Gasteiger partial charge is 0.351 e. The predicted molar refractivity (Wildman–Crippen MR) is 82.6 cm³/mol. The van der Waals surface area contributed by atoms with Crippen molar-refractivity contribution < 1.29 is 9.59 Å². The van der Waals surface area contributed by atoms with E-state index < -0.39 is 0 Å². The van der Waals surface area contributed by atoms with Crippen LogP contribution in [0.25, 0.3) is 0 Å². The maximum Gasteiger partial charge on any atom is 0.252 e. The lowest BCUT2D eigenvalue weighted by atomic mass is 10.2. The molecule has 1 atom stereocenters. The summed E-state index contributed by atoms with van der Waals surface area (Å²) in [6.45, 7) is 4.86. The second-order valence-corrected chi connectivity index (χ2v) is 5.44. The van der Waals surface area contributed by atoms with Crippen molar-refractivity contribution in [2.75, 3.05) is 26.2 Å². The molecule has 5 nitrogen and oxygen atoms in total. The van der Waals surface area contributed by atoms with Crippen molar-refractivity contribution in [2.24, 2.45) is 0 Å². The summed E-state index contributed by atoms with van der Waals surface area (Å²) < 4.78 is 0. The van der Waals surface area contributed by atoms with Crippen molar-refractivity contribution in [3.05, 3.63) is 22.4 Å². The Hall–Kier alpha value is -1.11. The molecule has 1 fully saturated rings. The number of piperazine rings is 1. The number of nitrogens with zero attached hydrogens (tertiary/aromatic N) is 1. The number of amides is 2. The van der Waals surface area contributed by atoms with Gasteiger partial charge < -0.3 is 15.5 Å². The minimum atomic E-state index is -0.109. The number of rotatable bonds is 4. The molecule has 1 aromatic heterocycles. The van der Waals surface area contributed by atoms with E-state index in [-0.39, 0.29) is 30.3 Å². The summed E-state index contributed by atoms with van der Waals surface area (Å²) in [5.41, 5.74) is 0.660. The van der Waals surface area contributed by atoms with Gasteiger partial charge in [0.05, 0.1) is 0 Å². The van der Waals surface area contributed by atoms with Crippen LogP contribution in [0.15, 0.2) is 16.8 Å². The number of carbonyl (C=O) groups excluding carboxylic acids is 2. The number of carbonyl (C=O) groups is 2. The molecule has 0 saturated carbocycles. The minimum Gasteiger partial charge on any atom is -0.351 e. The Balaban J connectivity index is 0.00000200. The standard InChI is InChI=1S/C13H19N3O2S.ClH/c1-10-8-14-5-6-16(10)12(17)2-4-15-13(18)11-3-7-19-9-11;/h3,7,9-10,14H,2,4-6,8H2,1H3,(H,15,18);1H/t10-;/m1./s1. The van der Waals surface area contributed by atoms with Gasteiger partial charge in [-0.05, 0) is 18.4 Å². The molecule has 0 aromatic carbocycles. The summed E-state index contributed by atoms with van der Waals surface area (Å²) in [5, 5.41) is 9.69. The Morgan fingerprint density at radius 2 is 2.35 bits per heavy atom. The lowest BCUT2D eigenvalue weighted by Gasteiger charge is -2.34. The van der Waals surface area contributed by atoms with Crippen LogP contribution in [0, 0.1) is 0 Å². The SMILES string of the molecule is C[C@@H]1CNCCN1C(=O)CCNC(=O)c1ccsc1.Cl. The van der Waals surface area contributed by atoms with E-state index in [1.807, 2.05) is 17.2 Å². The smallest absolute Gasteiger partial charge is 0.252 e. The van der Waals surface area contributed by atoms with Gasteiger partial charge in [0.25, 0.3) is 5.91 Å². The Morgan fingerprint density at radius 1 is 1.55 bits per heavy atom. The summed E-state index contributed by atoms with van der Waals surface area (Å²) in [5.74, 6) is 0.00188. The van der Waals surface area contributed by atoms with Crippen molar-refractivity contribution in [1.29, 1.82) is 0 Å². The van der Waals surface area contributed by atoms with E-state index >= 15 is 0 Å². The van der Waals surface area contributed by atoms with Crippen LogP contribution in [-0.4, -0.2) is 48.9 Å². The van der Waals surface area contributed by atoms with Gasteiger partial charge in [0.15, 0.2) is 0 Å². The van der Waals surface area contributed by atoms with Crippen molar-refractivity contribution in [3.63, 3.8) is 0 Å². The summed E-state index contributed by atoms with van der Waals surface area (Å²) >= 11 is 1.49. The molecule has 112 valence electrons. The van der Waals surface area contributed by atoms with Crippen molar-refractivity contribution in [1.82, 2.24) is 15.5 Å². The summed E-state index contributed by atoms with van der Waals surface area (Å²) in [6.07, 6.45) is 0.361. The van der Waals surface area contributed by atoms with Gasteiger partial charge in [0.1, 0.15) is 0 Å². The molecule has 1 aliphatic heterocycles. The maximum absolute atomic E-state index is 12.0. The molecule has 0 unspecified atom stereocenters. The van der Waals surface area contributed by atoms with E-state index in [1.165, 1.54) is 11.3 Å². The van der Waals surface area contributed by atoms with Gasteiger partial charge in [0, 0.05) is 49.6 Å². The first-order chi connectivity index (χ1) is 9.18. The molecule has 2 amide bonds. The quantitative estimate of drug-likeness (QED) is 0.874. The molecule has 1 aromatic rings. The van der Waals surface area contributed by atoms with Gasteiger partial charge >= 0.3 is 0 Å². The van der Waals surface area contributed by atoms with Gasteiger partial charge in [-0.2, -0.15) is 11.3 Å². The highest BCUT2D eigenvalue weighted by Gasteiger charge is 2.22. The third kappa shape index (κ3) is 4.47. The number of halogens is 1. The van der Waals surface area contributed by atoms with E-state index in [9.17, 15) is 9.59 Å². The van der Waals surface area contributed by atoms with Gasteiger partial charge in [-0.25, -0.2) is 0 Å². The van der Waals surface area contributed by atoms with E-state index in [2.05, 4.69) is 10.6 Å². The topological polar surface area (TPSA) is 61.4 Å². The van der Waals surface area contributed by atoms with Crippen LogP contribution in [0.2, 0.25) is 0 Å². The Morgan fingerprint density at radius 3 is 3.00 bits per heavy atom. The van der Waals surface area contributed by atoms with Crippen LogP contribution in [0.5, 0.6) is 0 Å². The number of nitrogens with one attached hydrogen (secondary N) is 2. The van der Waals surface area contributed by atoms with Crippen LogP contribution < -0.4 is 10.6 Å². The predicted octanol–water partition coefficient (Wildman–Crippen LogP) is 1.11. The average Bonchev–Trinajstić information content (AvgIpc) is 2.93. The molecule has 7 heteroatoms. The number of hydrogen-bond acceptors (Lipinski definition) is 4. The van der Waals surface area contributed by atoms with Crippen LogP contribution in [0.4, 0.5) is 0 Å². The van der Waals surface area contributed by atoms with Gasteiger partial charge in [0.2, 0.25) is 5.91 Å². The molecule has 1 aliphatic rings. The zero-order valence-electron chi connectivity index (χ0n) is 11.4. The van der Waals surface area contributed by atoms with Crippen molar-refractivity contribution in [2.45, 2.75) is 19.4 Å². The zero-order chi connectivity index (χ0) is 13.7. The van der Waals surface area contributed by atoms with E-state index in [0.717, 1.165) is 19.6 Å². The first kappa shape index (κ1) is 16.9. The first-order valence-corrected chi connectivity index (χ1v) is 7.43. The Bertz CT molecular complexity index is 439. The second-order valence-electron chi connectivity index (χ2n) is 4.66. The monoisotopic (exact) mass is 317 g/mol. The highest BCUT2D eigenvalue weighted by Crippen LogP contribution is 2.06. The van der Waals surface area contributed by atoms with Crippen LogP contribution >= 0.6 is 23.7 Å². The molecule has 1 saturated heterocycles. The third-order valence-electron chi connectivity index (χ3n) is 3.23. The summed E-state index contributed by atoms with van der Waals surface area (Å²) in [4.78, 5) is 25.6. The first-order valence-electron chi connectivity index (χ1n) is 6.49. The molecule has 2 N–H and O–H groups in total. The van der Waals surface area contributed by atoms with E-state index in [0.29, 0.717) is 18.5 Å². The highest BCUT2D eigenvalue weighted by molar-refractivity contribution is 7.08. The number of thiophene rings is 1. The van der Waals surface area contributed by atoms with Crippen molar-refractivity contribution >= 4 is 35.6 Å². The fourth-order valence-corrected chi connectivity index (χ4v) is 2.77. The molecule has 2 rings (SSSR count). The lowest BCUT2D eigenvalue weighted by Crippen LogP contribution is -2.52. The average molecular weight is 318 g/mol. The lowest BCUT2D eigenvalue weighted by molar-refractivity contribution is -0.133. The highest BCUT2D eigenvalue weighted by atomic mass is 35.5. The molecule has 2 heterocycles. The molecule has 0 aliphatic carbocycles. The fourth-order valence-electron chi connectivity index (χ4n) is 2.13. The van der Waals surface area contributed by atoms with Gasteiger partial charge in [-0.1, -0.05) is 0 Å². The van der Waals surface area contributed by atoms with Crippen LogP contribution in [0.1, 0.15) is 23.7 Å². The normalized spacial score (nSPS) is 18.2. The zero-order valence-corrected chi connectivity index (χ0v) is 13.1. The second kappa shape index (κ2) is 8.24.